The zero-order valence-electron chi connectivity index (χ0n) is 8.20. The van der Waals surface area contributed by atoms with E-state index >= 15 is 0 Å². The molecule has 1 aliphatic carbocycles. The molecule has 0 bridgehead atoms. The Balaban J connectivity index is 2.88. The van der Waals surface area contributed by atoms with Gasteiger partial charge in [-0.25, -0.2) is 0 Å². The van der Waals surface area contributed by atoms with Crippen molar-refractivity contribution in [3.8, 4) is 0 Å². The summed E-state index contributed by atoms with van der Waals surface area (Å²) >= 11 is 0. The monoisotopic (exact) mass is 196 g/mol. The van der Waals surface area contributed by atoms with Crippen molar-refractivity contribution in [3.63, 3.8) is 0 Å². The van der Waals surface area contributed by atoms with Crippen molar-refractivity contribution in [1.82, 2.24) is 0 Å². The van der Waals surface area contributed by atoms with E-state index in [9.17, 15) is 9.59 Å². The van der Waals surface area contributed by atoms with Crippen molar-refractivity contribution in [2.45, 2.75) is 13.8 Å². The second kappa shape index (κ2) is 4.60. The molecule has 0 heterocycles. The predicted octanol–water partition coefficient (Wildman–Crippen LogP) is 0.979. The molecule has 4 nitrogen and oxygen atoms in total. The van der Waals surface area contributed by atoms with Gasteiger partial charge < -0.3 is 9.47 Å². The molecule has 76 valence electrons. The van der Waals surface area contributed by atoms with E-state index in [-0.39, 0.29) is 0 Å². The lowest BCUT2D eigenvalue weighted by Gasteiger charge is -2.14. The minimum absolute atomic E-state index is 0.332. The summed E-state index contributed by atoms with van der Waals surface area (Å²) in [4.78, 5) is 22.0. The van der Waals surface area contributed by atoms with Gasteiger partial charge in [-0.05, 0) is 13.8 Å². The first-order valence-electron chi connectivity index (χ1n) is 4.46. The molecule has 1 aliphatic rings. The van der Waals surface area contributed by atoms with Gasteiger partial charge in [0, 0.05) is 12.2 Å². The molecule has 0 saturated carbocycles. The Bertz CT molecular complexity index is 280. The molecule has 0 fully saturated rings. The van der Waals surface area contributed by atoms with E-state index in [4.69, 9.17) is 9.47 Å². The normalized spacial score (nSPS) is 16.1. The first-order chi connectivity index (χ1) is 6.69. The molecule has 14 heavy (non-hydrogen) atoms. The third-order valence-electron chi connectivity index (χ3n) is 1.61. The maximum atomic E-state index is 11.0. The molecule has 0 aromatic heterocycles. The quantitative estimate of drug-likeness (QED) is 0.496. The molecular formula is C10H12O4. The minimum atomic E-state index is -0.572. The van der Waals surface area contributed by atoms with Crippen LogP contribution in [0.25, 0.3) is 0 Å². The third kappa shape index (κ3) is 2.22. The second-order valence-corrected chi connectivity index (χ2v) is 2.61. The van der Waals surface area contributed by atoms with Gasteiger partial charge in [0.1, 0.15) is 0 Å². The maximum Gasteiger partial charge on any atom is 0.229 e. The van der Waals surface area contributed by atoms with E-state index < -0.39 is 11.6 Å². The van der Waals surface area contributed by atoms with Crippen molar-refractivity contribution < 1.29 is 19.1 Å². The Morgan fingerprint density at radius 2 is 1.29 bits per heavy atom. The molecule has 0 saturated heterocycles. The lowest BCUT2D eigenvalue weighted by atomic mass is 10.1. The molecule has 0 aromatic carbocycles. The highest BCUT2D eigenvalue weighted by atomic mass is 16.5. The standard InChI is InChI=1S/C10H12O4/c1-3-13-9-5-7(11)8(12)6-10(9)14-4-2/h5-6H,3-4H2,1-2H3. The van der Waals surface area contributed by atoms with E-state index in [1.165, 1.54) is 0 Å². The van der Waals surface area contributed by atoms with Crippen LogP contribution in [-0.4, -0.2) is 24.8 Å². The van der Waals surface area contributed by atoms with E-state index in [1.54, 1.807) is 13.8 Å². The largest absolute Gasteiger partial charge is 0.490 e. The van der Waals surface area contributed by atoms with Gasteiger partial charge in [-0.15, -0.1) is 0 Å². The molecule has 0 unspecified atom stereocenters. The SMILES string of the molecule is CCOC1=CC(=O)C(=O)C=C1OCC. The smallest absolute Gasteiger partial charge is 0.229 e. The van der Waals surface area contributed by atoms with Gasteiger partial charge in [-0.3, -0.25) is 9.59 Å². The molecule has 0 N–H and O–H groups in total. The summed E-state index contributed by atoms with van der Waals surface area (Å²) in [7, 11) is 0. The van der Waals surface area contributed by atoms with Crippen molar-refractivity contribution in [2.24, 2.45) is 0 Å². The minimum Gasteiger partial charge on any atom is -0.490 e. The molecule has 1 rings (SSSR count). The van der Waals surface area contributed by atoms with E-state index in [2.05, 4.69) is 0 Å². The number of carbonyl (C=O) groups is 2. The van der Waals surface area contributed by atoms with Crippen LogP contribution >= 0.6 is 0 Å². The molecule has 4 heteroatoms. The summed E-state index contributed by atoms with van der Waals surface area (Å²) in [6, 6.07) is 0. The van der Waals surface area contributed by atoms with Crippen LogP contribution in [0.4, 0.5) is 0 Å². The summed E-state index contributed by atoms with van der Waals surface area (Å²) < 4.78 is 10.3. The number of carbonyl (C=O) groups excluding carboxylic acids is 2. The summed E-state index contributed by atoms with van der Waals surface area (Å²) in [6.45, 7) is 4.45. The van der Waals surface area contributed by atoms with Gasteiger partial charge in [0.15, 0.2) is 11.5 Å². The van der Waals surface area contributed by atoms with Crippen LogP contribution in [0.2, 0.25) is 0 Å². The third-order valence-corrected chi connectivity index (χ3v) is 1.61. The fourth-order valence-corrected chi connectivity index (χ4v) is 1.06. The summed E-state index contributed by atoms with van der Waals surface area (Å²) in [5.41, 5.74) is 0. The Morgan fingerprint density at radius 1 is 0.929 bits per heavy atom. The zero-order chi connectivity index (χ0) is 10.6. The Kier molecular flexibility index (Phi) is 3.45. The van der Waals surface area contributed by atoms with E-state index in [1.807, 2.05) is 0 Å². The Labute approximate surface area is 82.2 Å². The lowest BCUT2D eigenvalue weighted by molar-refractivity contribution is -0.131. The van der Waals surface area contributed by atoms with Crippen molar-refractivity contribution in [1.29, 1.82) is 0 Å². The molecular weight excluding hydrogens is 184 g/mol. The first-order valence-corrected chi connectivity index (χ1v) is 4.46. The van der Waals surface area contributed by atoms with E-state index in [0.717, 1.165) is 12.2 Å². The second-order valence-electron chi connectivity index (χ2n) is 2.61. The first kappa shape index (κ1) is 10.5. The van der Waals surface area contributed by atoms with Crippen molar-refractivity contribution in [3.05, 3.63) is 23.7 Å². The van der Waals surface area contributed by atoms with Crippen LogP contribution in [0.5, 0.6) is 0 Å². The van der Waals surface area contributed by atoms with Gasteiger partial charge in [0.25, 0.3) is 0 Å². The van der Waals surface area contributed by atoms with Crippen molar-refractivity contribution in [2.75, 3.05) is 13.2 Å². The number of allylic oxidation sites excluding steroid dienone is 2. The number of ketones is 2. The van der Waals surface area contributed by atoms with Crippen LogP contribution in [0.3, 0.4) is 0 Å². The van der Waals surface area contributed by atoms with Gasteiger partial charge in [-0.2, -0.15) is 0 Å². The number of ether oxygens (including phenoxy) is 2. The van der Waals surface area contributed by atoms with Gasteiger partial charge in [-0.1, -0.05) is 0 Å². The molecule has 0 amide bonds. The predicted molar refractivity (Wildman–Crippen MR) is 49.4 cm³/mol. The van der Waals surface area contributed by atoms with Crippen LogP contribution in [0.1, 0.15) is 13.8 Å². The summed E-state index contributed by atoms with van der Waals surface area (Å²) in [5, 5.41) is 0. The highest BCUT2D eigenvalue weighted by Gasteiger charge is 2.21. The molecule has 0 atom stereocenters. The Morgan fingerprint density at radius 3 is 1.57 bits per heavy atom. The number of hydrogen-bond donors (Lipinski definition) is 0. The van der Waals surface area contributed by atoms with Crippen LogP contribution in [0, 0.1) is 0 Å². The van der Waals surface area contributed by atoms with Gasteiger partial charge in [0.05, 0.1) is 13.2 Å². The summed E-state index contributed by atoms with van der Waals surface area (Å²) in [5.74, 6) is -0.480. The van der Waals surface area contributed by atoms with Crippen LogP contribution in [-0.2, 0) is 19.1 Å². The fraction of sp³-hybridized carbons (Fsp3) is 0.400. The topological polar surface area (TPSA) is 52.6 Å². The molecule has 0 aliphatic heterocycles. The summed E-state index contributed by atoms with van der Waals surface area (Å²) in [6.07, 6.45) is 2.33. The van der Waals surface area contributed by atoms with Crippen LogP contribution in [0.15, 0.2) is 23.7 Å². The van der Waals surface area contributed by atoms with Gasteiger partial charge >= 0.3 is 0 Å². The van der Waals surface area contributed by atoms with E-state index in [0.29, 0.717) is 24.7 Å². The zero-order valence-corrected chi connectivity index (χ0v) is 8.20. The average Bonchev–Trinajstić information content (AvgIpc) is 2.14. The maximum absolute atomic E-state index is 11.0. The van der Waals surface area contributed by atoms with Crippen LogP contribution < -0.4 is 0 Å². The average molecular weight is 196 g/mol. The number of hydrogen-bond acceptors (Lipinski definition) is 4. The van der Waals surface area contributed by atoms with Crippen molar-refractivity contribution >= 4 is 11.6 Å². The highest BCUT2D eigenvalue weighted by Crippen LogP contribution is 2.17. The fourth-order valence-electron chi connectivity index (χ4n) is 1.06. The van der Waals surface area contributed by atoms with Gasteiger partial charge in [0.2, 0.25) is 11.6 Å². The highest BCUT2D eigenvalue weighted by molar-refractivity contribution is 6.46. The molecule has 0 radical (unpaired) electrons. The molecule has 0 spiro atoms. The lowest BCUT2D eigenvalue weighted by Crippen LogP contribution is -2.17. The molecule has 0 aromatic rings. The Hall–Kier alpha value is -1.58. The number of rotatable bonds is 4.